The molecule has 1 aromatic rings. The average Bonchev–Trinajstić information content (AvgIpc) is 3.29. The van der Waals surface area contributed by atoms with Crippen molar-refractivity contribution in [2.45, 2.75) is 12.8 Å². The van der Waals surface area contributed by atoms with Crippen LogP contribution in [0.3, 0.4) is 0 Å². The third kappa shape index (κ3) is 7.34. The Morgan fingerprint density at radius 3 is 2.36 bits per heavy atom. The molecule has 0 heterocycles. The standard InChI is InChI=1S/C16H25N3O.2ClH/c1-18(15-6-4-3-5-7-15)10-11-19(2)16(20)13-17-12-14-8-9-14;;/h3-7,14,17H,8-13H2,1-2H3;2*1H. The molecule has 1 fully saturated rings. The fraction of sp³-hybridized carbons (Fsp3) is 0.562. The van der Waals surface area contributed by atoms with Gasteiger partial charge in [-0.05, 0) is 37.4 Å². The van der Waals surface area contributed by atoms with Crippen molar-refractivity contribution >= 4 is 36.4 Å². The number of anilines is 1. The summed E-state index contributed by atoms with van der Waals surface area (Å²) in [6.07, 6.45) is 2.64. The molecule has 22 heavy (non-hydrogen) atoms. The van der Waals surface area contributed by atoms with Crippen LogP contribution in [0.4, 0.5) is 5.69 Å². The minimum atomic E-state index is 0. The van der Waals surface area contributed by atoms with E-state index in [9.17, 15) is 4.79 Å². The van der Waals surface area contributed by atoms with Gasteiger partial charge >= 0.3 is 0 Å². The first-order valence-electron chi connectivity index (χ1n) is 7.37. The van der Waals surface area contributed by atoms with E-state index in [4.69, 9.17) is 0 Å². The van der Waals surface area contributed by atoms with Crippen molar-refractivity contribution in [2.75, 3.05) is 45.2 Å². The van der Waals surface area contributed by atoms with E-state index >= 15 is 0 Å². The zero-order chi connectivity index (χ0) is 14.4. The second-order valence-corrected chi connectivity index (χ2v) is 5.65. The summed E-state index contributed by atoms with van der Waals surface area (Å²) in [4.78, 5) is 15.9. The van der Waals surface area contributed by atoms with Gasteiger partial charge in [0.2, 0.25) is 5.91 Å². The highest BCUT2D eigenvalue weighted by Gasteiger charge is 2.21. The zero-order valence-electron chi connectivity index (χ0n) is 13.3. The summed E-state index contributed by atoms with van der Waals surface area (Å²) in [5.74, 6) is 0.990. The lowest BCUT2D eigenvalue weighted by Crippen LogP contribution is -2.40. The number of amides is 1. The van der Waals surface area contributed by atoms with E-state index in [0.29, 0.717) is 6.54 Å². The molecule has 1 aliphatic rings. The first-order valence-corrected chi connectivity index (χ1v) is 7.37. The van der Waals surface area contributed by atoms with Gasteiger partial charge in [-0.15, -0.1) is 24.8 Å². The monoisotopic (exact) mass is 347 g/mol. The predicted octanol–water partition coefficient (Wildman–Crippen LogP) is 2.42. The van der Waals surface area contributed by atoms with Crippen LogP contribution >= 0.6 is 24.8 Å². The molecule has 0 atom stereocenters. The lowest BCUT2D eigenvalue weighted by Gasteiger charge is -2.24. The van der Waals surface area contributed by atoms with E-state index < -0.39 is 0 Å². The van der Waals surface area contributed by atoms with Gasteiger partial charge in [0.15, 0.2) is 0 Å². The summed E-state index contributed by atoms with van der Waals surface area (Å²) in [6, 6.07) is 10.2. The second kappa shape index (κ2) is 10.7. The Hall–Kier alpha value is -0.970. The summed E-state index contributed by atoms with van der Waals surface area (Å²) in [6.45, 7) is 3.04. The smallest absolute Gasteiger partial charge is 0.236 e. The maximum absolute atomic E-state index is 11.9. The van der Waals surface area contributed by atoms with Crippen molar-refractivity contribution in [1.82, 2.24) is 10.2 Å². The van der Waals surface area contributed by atoms with Crippen LogP contribution in [0.1, 0.15) is 12.8 Å². The molecule has 1 amide bonds. The normalized spacial score (nSPS) is 12.8. The summed E-state index contributed by atoms with van der Waals surface area (Å²) < 4.78 is 0. The molecule has 0 aromatic heterocycles. The Balaban J connectivity index is 0.00000220. The number of rotatable bonds is 8. The number of hydrogen-bond donors (Lipinski definition) is 1. The molecule has 0 saturated heterocycles. The minimum Gasteiger partial charge on any atom is -0.373 e. The number of halogens is 2. The highest BCUT2D eigenvalue weighted by Crippen LogP contribution is 2.27. The van der Waals surface area contributed by atoms with Crippen LogP contribution in [0.25, 0.3) is 0 Å². The van der Waals surface area contributed by atoms with Crippen molar-refractivity contribution in [1.29, 1.82) is 0 Å². The molecule has 0 spiro atoms. The molecule has 1 N–H and O–H groups in total. The van der Waals surface area contributed by atoms with Crippen molar-refractivity contribution in [2.24, 2.45) is 5.92 Å². The summed E-state index contributed by atoms with van der Waals surface area (Å²) in [7, 11) is 3.93. The number of carbonyl (C=O) groups is 1. The number of likely N-dealkylation sites (N-methyl/N-ethyl adjacent to an activating group) is 2. The molecule has 6 heteroatoms. The first-order chi connectivity index (χ1) is 9.66. The van der Waals surface area contributed by atoms with Crippen LogP contribution < -0.4 is 10.2 Å². The van der Waals surface area contributed by atoms with Gasteiger partial charge in [-0.1, -0.05) is 18.2 Å². The number of carbonyl (C=O) groups excluding carboxylic acids is 1. The van der Waals surface area contributed by atoms with Crippen molar-refractivity contribution < 1.29 is 4.79 Å². The predicted molar refractivity (Wildman–Crippen MR) is 97.4 cm³/mol. The van der Waals surface area contributed by atoms with Gasteiger partial charge in [-0.2, -0.15) is 0 Å². The van der Waals surface area contributed by atoms with Crippen molar-refractivity contribution in [3.8, 4) is 0 Å². The highest BCUT2D eigenvalue weighted by atomic mass is 35.5. The van der Waals surface area contributed by atoms with Crippen LogP contribution in [0.2, 0.25) is 0 Å². The fourth-order valence-corrected chi connectivity index (χ4v) is 2.08. The van der Waals surface area contributed by atoms with Crippen LogP contribution in [0.5, 0.6) is 0 Å². The molecule has 1 aromatic carbocycles. The minimum absolute atomic E-state index is 0. The maximum Gasteiger partial charge on any atom is 0.236 e. The second-order valence-electron chi connectivity index (χ2n) is 5.65. The molecule has 0 unspecified atom stereocenters. The first kappa shape index (κ1) is 21.0. The SMILES string of the molecule is CN(CCN(C)c1ccccc1)C(=O)CNCC1CC1.Cl.Cl. The quantitative estimate of drug-likeness (QED) is 0.784. The lowest BCUT2D eigenvalue weighted by atomic mass is 10.3. The number of para-hydroxylation sites is 1. The number of benzene rings is 1. The van der Waals surface area contributed by atoms with Gasteiger partial charge in [0.05, 0.1) is 6.54 Å². The number of nitrogens with one attached hydrogen (secondary N) is 1. The zero-order valence-corrected chi connectivity index (χ0v) is 15.0. The van der Waals surface area contributed by atoms with Gasteiger partial charge in [0.25, 0.3) is 0 Å². The lowest BCUT2D eigenvalue weighted by molar-refractivity contribution is -0.128. The van der Waals surface area contributed by atoms with Crippen LogP contribution in [0.15, 0.2) is 30.3 Å². The highest BCUT2D eigenvalue weighted by molar-refractivity contribution is 5.85. The Bertz CT molecular complexity index is 427. The summed E-state index contributed by atoms with van der Waals surface area (Å²) in [5.41, 5.74) is 1.18. The van der Waals surface area contributed by atoms with E-state index in [1.165, 1.54) is 18.5 Å². The van der Waals surface area contributed by atoms with Crippen LogP contribution in [-0.2, 0) is 4.79 Å². The third-order valence-corrected chi connectivity index (χ3v) is 3.80. The summed E-state index contributed by atoms with van der Waals surface area (Å²) in [5, 5.41) is 3.24. The number of hydrogen-bond acceptors (Lipinski definition) is 3. The third-order valence-electron chi connectivity index (χ3n) is 3.80. The molecule has 1 saturated carbocycles. The van der Waals surface area contributed by atoms with Gasteiger partial charge < -0.3 is 15.1 Å². The molecular formula is C16H27Cl2N3O. The Morgan fingerprint density at radius 2 is 1.77 bits per heavy atom. The van der Waals surface area contributed by atoms with Gasteiger partial charge in [0, 0.05) is 32.9 Å². The topological polar surface area (TPSA) is 35.6 Å². The molecule has 1 aliphatic carbocycles. The van der Waals surface area contributed by atoms with E-state index in [1.807, 2.05) is 25.2 Å². The summed E-state index contributed by atoms with van der Waals surface area (Å²) >= 11 is 0. The van der Waals surface area contributed by atoms with E-state index in [2.05, 4.69) is 29.4 Å². The molecular weight excluding hydrogens is 321 g/mol. The van der Waals surface area contributed by atoms with Crippen LogP contribution in [0, 0.1) is 5.92 Å². The largest absolute Gasteiger partial charge is 0.373 e. The number of nitrogens with zero attached hydrogens (tertiary/aromatic N) is 2. The molecule has 0 radical (unpaired) electrons. The van der Waals surface area contributed by atoms with Gasteiger partial charge in [-0.25, -0.2) is 0 Å². The van der Waals surface area contributed by atoms with E-state index in [1.54, 1.807) is 4.90 Å². The van der Waals surface area contributed by atoms with E-state index in [-0.39, 0.29) is 30.7 Å². The van der Waals surface area contributed by atoms with Crippen LogP contribution in [-0.4, -0.2) is 51.1 Å². The maximum atomic E-state index is 11.9. The Labute approximate surface area is 146 Å². The molecule has 126 valence electrons. The molecule has 4 nitrogen and oxygen atoms in total. The van der Waals surface area contributed by atoms with E-state index in [0.717, 1.165) is 25.6 Å². The Kier molecular flexibility index (Phi) is 10.2. The fourth-order valence-electron chi connectivity index (χ4n) is 2.08. The molecule has 0 bridgehead atoms. The van der Waals surface area contributed by atoms with Crippen molar-refractivity contribution in [3.63, 3.8) is 0 Å². The van der Waals surface area contributed by atoms with Crippen molar-refractivity contribution in [3.05, 3.63) is 30.3 Å². The molecule has 2 rings (SSSR count). The molecule has 0 aliphatic heterocycles. The average molecular weight is 348 g/mol. The van der Waals surface area contributed by atoms with Gasteiger partial charge in [-0.3, -0.25) is 4.79 Å². The van der Waals surface area contributed by atoms with Gasteiger partial charge in [0.1, 0.15) is 0 Å². The Morgan fingerprint density at radius 1 is 1.14 bits per heavy atom.